The zero-order valence-electron chi connectivity index (χ0n) is 9.79. The van der Waals surface area contributed by atoms with Crippen LogP contribution in [0.3, 0.4) is 0 Å². The smallest absolute Gasteiger partial charge is 0.225 e. The molecule has 0 aliphatic heterocycles. The second kappa shape index (κ2) is 4.61. The first-order chi connectivity index (χ1) is 6.59. The van der Waals surface area contributed by atoms with E-state index in [0.717, 1.165) is 0 Å². The molecule has 0 spiro atoms. The van der Waals surface area contributed by atoms with Crippen LogP contribution in [0.25, 0.3) is 0 Å². The molecule has 0 saturated carbocycles. The second-order valence-corrected chi connectivity index (χ2v) is 4.99. The monoisotopic (exact) mass is 216 g/mol. The molecule has 0 saturated heterocycles. The summed E-state index contributed by atoms with van der Waals surface area (Å²) in [5, 5.41) is 0. The van der Waals surface area contributed by atoms with E-state index in [1.165, 1.54) is 0 Å². The van der Waals surface area contributed by atoms with Crippen molar-refractivity contribution >= 4 is 11.8 Å². The van der Waals surface area contributed by atoms with Gasteiger partial charge in [0.05, 0.1) is 24.0 Å². The predicted octanol–water partition coefficient (Wildman–Crippen LogP) is 0.0260. The van der Waals surface area contributed by atoms with E-state index in [0.29, 0.717) is 0 Å². The van der Waals surface area contributed by atoms with Gasteiger partial charge in [0.2, 0.25) is 11.8 Å². The highest BCUT2D eigenvalue weighted by Crippen LogP contribution is 2.18. The average Bonchev–Trinajstić information content (AvgIpc) is 2.02. The molecule has 0 aliphatic rings. The molecule has 5 nitrogen and oxygen atoms in total. The summed E-state index contributed by atoms with van der Waals surface area (Å²) in [4.78, 5) is 21.9. The van der Waals surface area contributed by atoms with E-state index in [1.807, 2.05) is 0 Å². The largest absolute Gasteiger partial charge is 0.379 e. The Bertz CT molecular complexity index is 233. The van der Waals surface area contributed by atoms with Crippen molar-refractivity contribution < 1.29 is 14.3 Å². The van der Waals surface area contributed by atoms with Crippen molar-refractivity contribution in [3.63, 3.8) is 0 Å². The van der Waals surface area contributed by atoms with Crippen LogP contribution in [0.4, 0.5) is 0 Å². The first-order valence-electron chi connectivity index (χ1n) is 4.77. The summed E-state index contributed by atoms with van der Waals surface area (Å²) in [7, 11) is 0. The Labute approximate surface area is 90.1 Å². The van der Waals surface area contributed by atoms with Crippen molar-refractivity contribution in [2.45, 2.75) is 27.7 Å². The fourth-order valence-corrected chi connectivity index (χ4v) is 0.704. The van der Waals surface area contributed by atoms with E-state index in [4.69, 9.17) is 16.2 Å². The van der Waals surface area contributed by atoms with Crippen molar-refractivity contribution in [1.82, 2.24) is 0 Å². The maximum atomic E-state index is 11.0. The highest BCUT2D eigenvalue weighted by atomic mass is 16.5. The lowest BCUT2D eigenvalue weighted by molar-refractivity contribution is -0.133. The van der Waals surface area contributed by atoms with Crippen LogP contribution in [0.1, 0.15) is 27.7 Å². The number of hydrogen-bond acceptors (Lipinski definition) is 3. The Kier molecular flexibility index (Phi) is 4.27. The third kappa shape index (κ3) is 4.29. The fourth-order valence-electron chi connectivity index (χ4n) is 0.704. The average molecular weight is 216 g/mol. The standard InChI is InChI=1S/C10H20N2O3/c1-9(2,7(11)13)5-15-6-10(3,4)8(12)14/h5-6H2,1-4H3,(H2,11,13)(H2,12,14). The van der Waals surface area contributed by atoms with Crippen LogP contribution in [0.5, 0.6) is 0 Å². The van der Waals surface area contributed by atoms with Gasteiger partial charge >= 0.3 is 0 Å². The van der Waals surface area contributed by atoms with E-state index < -0.39 is 22.6 Å². The van der Waals surface area contributed by atoms with Crippen molar-refractivity contribution in [1.29, 1.82) is 0 Å². The summed E-state index contributed by atoms with van der Waals surface area (Å²) >= 11 is 0. The van der Waals surface area contributed by atoms with Crippen LogP contribution in [-0.4, -0.2) is 25.0 Å². The number of carbonyl (C=O) groups is 2. The van der Waals surface area contributed by atoms with Gasteiger partial charge in [-0.3, -0.25) is 9.59 Å². The van der Waals surface area contributed by atoms with Crippen LogP contribution in [0.2, 0.25) is 0 Å². The number of amides is 2. The fraction of sp³-hybridized carbons (Fsp3) is 0.800. The molecule has 0 aromatic heterocycles. The first kappa shape index (κ1) is 13.9. The summed E-state index contributed by atoms with van der Waals surface area (Å²) in [6, 6.07) is 0. The minimum atomic E-state index is -0.728. The first-order valence-corrected chi connectivity index (χ1v) is 4.77. The van der Waals surface area contributed by atoms with Gasteiger partial charge in [0.25, 0.3) is 0 Å². The molecular formula is C10H20N2O3. The van der Waals surface area contributed by atoms with Crippen LogP contribution in [0.15, 0.2) is 0 Å². The number of rotatable bonds is 6. The summed E-state index contributed by atoms with van der Waals surface area (Å²) in [6.07, 6.45) is 0. The van der Waals surface area contributed by atoms with Crippen molar-refractivity contribution in [3.8, 4) is 0 Å². The molecule has 15 heavy (non-hydrogen) atoms. The number of ether oxygens (including phenoxy) is 1. The number of hydrogen-bond donors (Lipinski definition) is 2. The third-order valence-corrected chi connectivity index (χ3v) is 2.26. The van der Waals surface area contributed by atoms with E-state index >= 15 is 0 Å². The minimum Gasteiger partial charge on any atom is -0.379 e. The van der Waals surface area contributed by atoms with Gasteiger partial charge < -0.3 is 16.2 Å². The van der Waals surface area contributed by atoms with Gasteiger partial charge in [0, 0.05) is 0 Å². The SMILES string of the molecule is CC(C)(COCC(C)(C)C(N)=O)C(N)=O. The maximum Gasteiger partial charge on any atom is 0.225 e. The van der Waals surface area contributed by atoms with Crippen molar-refractivity contribution in [3.05, 3.63) is 0 Å². The lowest BCUT2D eigenvalue weighted by Gasteiger charge is -2.24. The molecule has 0 rings (SSSR count). The van der Waals surface area contributed by atoms with Crippen molar-refractivity contribution in [2.24, 2.45) is 22.3 Å². The van der Waals surface area contributed by atoms with Gasteiger partial charge in [-0.15, -0.1) is 0 Å². The molecule has 0 atom stereocenters. The van der Waals surface area contributed by atoms with E-state index in [2.05, 4.69) is 0 Å². The molecule has 0 fully saturated rings. The minimum absolute atomic E-state index is 0.180. The van der Waals surface area contributed by atoms with Gasteiger partial charge in [-0.2, -0.15) is 0 Å². The topological polar surface area (TPSA) is 95.4 Å². The zero-order chi connectivity index (χ0) is 12.3. The molecule has 0 bridgehead atoms. The highest BCUT2D eigenvalue weighted by molar-refractivity contribution is 5.80. The lowest BCUT2D eigenvalue weighted by atomic mass is 9.92. The molecule has 0 unspecified atom stereocenters. The Morgan fingerprint density at radius 1 is 0.933 bits per heavy atom. The maximum absolute atomic E-state index is 11.0. The van der Waals surface area contributed by atoms with Gasteiger partial charge in [-0.25, -0.2) is 0 Å². The molecule has 0 aromatic rings. The summed E-state index contributed by atoms with van der Waals surface area (Å²) < 4.78 is 5.28. The van der Waals surface area contributed by atoms with Crippen LogP contribution < -0.4 is 11.5 Å². The van der Waals surface area contributed by atoms with Crippen LogP contribution in [0, 0.1) is 10.8 Å². The predicted molar refractivity (Wildman–Crippen MR) is 56.8 cm³/mol. The summed E-state index contributed by atoms with van der Waals surface area (Å²) in [6.45, 7) is 7.11. The molecule has 5 heteroatoms. The van der Waals surface area contributed by atoms with E-state index in [1.54, 1.807) is 27.7 Å². The normalized spacial score (nSPS) is 12.5. The molecule has 0 heterocycles. The quantitative estimate of drug-likeness (QED) is 0.655. The summed E-state index contributed by atoms with van der Waals surface area (Å²) in [5.74, 6) is -0.862. The van der Waals surface area contributed by atoms with Gasteiger partial charge in [0.1, 0.15) is 0 Å². The van der Waals surface area contributed by atoms with E-state index in [9.17, 15) is 9.59 Å². The van der Waals surface area contributed by atoms with E-state index in [-0.39, 0.29) is 13.2 Å². The third-order valence-electron chi connectivity index (χ3n) is 2.26. The molecule has 4 N–H and O–H groups in total. The Balaban J connectivity index is 4.11. The molecular weight excluding hydrogens is 196 g/mol. The molecule has 0 aromatic carbocycles. The molecule has 2 amide bonds. The second-order valence-electron chi connectivity index (χ2n) is 4.99. The molecule has 0 radical (unpaired) electrons. The van der Waals surface area contributed by atoms with Crippen molar-refractivity contribution in [2.75, 3.05) is 13.2 Å². The summed E-state index contributed by atoms with van der Waals surface area (Å²) in [5.41, 5.74) is 8.88. The molecule has 0 aliphatic carbocycles. The van der Waals surface area contributed by atoms with Crippen LogP contribution in [-0.2, 0) is 14.3 Å². The van der Waals surface area contributed by atoms with Crippen LogP contribution >= 0.6 is 0 Å². The van der Waals surface area contributed by atoms with Gasteiger partial charge in [-0.05, 0) is 27.7 Å². The molecule has 88 valence electrons. The Morgan fingerprint density at radius 2 is 1.20 bits per heavy atom. The zero-order valence-corrected chi connectivity index (χ0v) is 9.79. The van der Waals surface area contributed by atoms with Gasteiger partial charge in [0.15, 0.2) is 0 Å². The Hall–Kier alpha value is -1.10. The number of carbonyl (C=O) groups excluding carboxylic acids is 2. The number of nitrogens with two attached hydrogens (primary N) is 2. The number of primary amides is 2. The Morgan fingerprint density at radius 3 is 1.40 bits per heavy atom. The van der Waals surface area contributed by atoms with Gasteiger partial charge in [-0.1, -0.05) is 0 Å². The highest BCUT2D eigenvalue weighted by Gasteiger charge is 2.29. The lowest BCUT2D eigenvalue weighted by Crippen LogP contribution is -2.39.